The molecule has 0 bridgehead atoms. The van der Waals surface area contributed by atoms with Gasteiger partial charge in [-0.05, 0) is 37.3 Å². The minimum Gasteiger partial charge on any atom is -0.370 e. The molecule has 0 aromatic heterocycles. The summed E-state index contributed by atoms with van der Waals surface area (Å²) in [5, 5.41) is 0. The lowest BCUT2D eigenvalue weighted by Crippen LogP contribution is -2.28. The van der Waals surface area contributed by atoms with Crippen molar-refractivity contribution < 1.29 is 13.9 Å². The largest absolute Gasteiger partial charge is 0.370 e. The molecule has 0 spiro atoms. The summed E-state index contributed by atoms with van der Waals surface area (Å²) in [6.07, 6.45) is 1.90. The summed E-state index contributed by atoms with van der Waals surface area (Å²) in [4.78, 5) is 12.0. The van der Waals surface area contributed by atoms with Crippen molar-refractivity contribution in [2.75, 3.05) is 6.61 Å². The van der Waals surface area contributed by atoms with Gasteiger partial charge in [-0.3, -0.25) is 4.79 Å². The third-order valence-corrected chi connectivity index (χ3v) is 3.04. The molecule has 92 valence electrons. The number of benzene rings is 1. The van der Waals surface area contributed by atoms with Crippen LogP contribution in [0, 0.1) is 11.7 Å². The lowest BCUT2D eigenvalue weighted by molar-refractivity contribution is -0.131. The van der Waals surface area contributed by atoms with Crippen LogP contribution in [0.5, 0.6) is 0 Å². The maximum atomic E-state index is 13.4. The molecule has 1 aromatic carbocycles. The van der Waals surface area contributed by atoms with Gasteiger partial charge in [0.05, 0.1) is 0 Å². The second kappa shape index (κ2) is 5.41. The fraction of sp³-hybridized carbons (Fsp3) is 0.500. The van der Waals surface area contributed by atoms with Crippen LogP contribution in [0.25, 0.3) is 0 Å². The molecule has 1 aliphatic carbocycles. The van der Waals surface area contributed by atoms with Crippen LogP contribution >= 0.6 is 0 Å². The van der Waals surface area contributed by atoms with Crippen molar-refractivity contribution in [2.45, 2.75) is 32.3 Å². The molecule has 0 N–H and O–H groups in total. The van der Waals surface area contributed by atoms with Gasteiger partial charge >= 0.3 is 0 Å². The number of hydrogen-bond donors (Lipinski definition) is 0. The van der Waals surface area contributed by atoms with E-state index in [0.29, 0.717) is 18.1 Å². The van der Waals surface area contributed by atoms with Crippen molar-refractivity contribution in [2.24, 2.45) is 5.92 Å². The van der Waals surface area contributed by atoms with Crippen molar-refractivity contribution in [3.8, 4) is 0 Å². The average molecular weight is 236 g/mol. The summed E-state index contributed by atoms with van der Waals surface area (Å²) in [6, 6.07) is 6.42. The molecule has 3 heteroatoms. The van der Waals surface area contributed by atoms with Crippen LogP contribution in [-0.4, -0.2) is 18.5 Å². The SMILES string of the molecule is CCOC(C(=O)Cc1ccccc1F)C1CC1. The summed E-state index contributed by atoms with van der Waals surface area (Å²) in [5.41, 5.74) is 0.461. The quantitative estimate of drug-likeness (QED) is 0.759. The van der Waals surface area contributed by atoms with Gasteiger partial charge in [-0.2, -0.15) is 0 Å². The zero-order chi connectivity index (χ0) is 12.3. The van der Waals surface area contributed by atoms with E-state index in [0.717, 1.165) is 12.8 Å². The van der Waals surface area contributed by atoms with E-state index in [1.807, 2.05) is 6.92 Å². The van der Waals surface area contributed by atoms with Crippen molar-refractivity contribution in [3.63, 3.8) is 0 Å². The first-order valence-corrected chi connectivity index (χ1v) is 6.10. The Morgan fingerprint density at radius 3 is 2.76 bits per heavy atom. The molecule has 1 saturated carbocycles. The fourth-order valence-corrected chi connectivity index (χ4v) is 2.00. The number of Topliss-reactive ketones (excluding diaryl/α,β-unsaturated/α-hetero) is 1. The molecule has 1 fully saturated rings. The number of ketones is 1. The topological polar surface area (TPSA) is 26.3 Å². The van der Waals surface area contributed by atoms with E-state index in [9.17, 15) is 9.18 Å². The van der Waals surface area contributed by atoms with Gasteiger partial charge in [-0.15, -0.1) is 0 Å². The average Bonchev–Trinajstić information content (AvgIpc) is 3.13. The zero-order valence-electron chi connectivity index (χ0n) is 9.99. The molecular formula is C14H17FO2. The second-order valence-corrected chi connectivity index (χ2v) is 4.45. The minimum atomic E-state index is -0.334. The van der Waals surface area contributed by atoms with Crippen LogP contribution in [0.3, 0.4) is 0 Å². The van der Waals surface area contributed by atoms with E-state index < -0.39 is 0 Å². The van der Waals surface area contributed by atoms with Crippen molar-refractivity contribution in [3.05, 3.63) is 35.6 Å². The molecule has 1 atom stereocenters. The maximum Gasteiger partial charge on any atom is 0.166 e. The van der Waals surface area contributed by atoms with E-state index in [1.54, 1.807) is 18.2 Å². The Labute approximate surface area is 101 Å². The third kappa shape index (κ3) is 3.13. The molecule has 2 rings (SSSR count). The van der Waals surface area contributed by atoms with E-state index in [2.05, 4.69) is 0 Å². The lowest BCUT2D eigenvalue weighted by atomic mass is 10.0. The number of halogens is 1. The number of rotatable bonds is 6. The first-order chi connectivity index (χ1) is 8.22. The van der Waals surface area contributed by atoms with Crippen LogP contribution in [0.1, 0.15) is 25.3 Å². The molecule has 1 unspecified atom stereocenters. The van der Waals surface area contributed by atoms with Gasteiger partial charge in [0.15, 0.2) is 5.78 Å². The van der Waals surface area contributed by atoms with Gasteiger partial charge in [0.25, 0.3) is 0 Å². The van der Waals surface area contributed by atoms with Gasteiger partial charge < -0.3 is 4.74 Å². The number of hydrogen-bond acceptors (Lipinski definition) is 2. The second-order valence-electron chi connectivity index (χ2n) is 4.45. The van der Waals surface area contributed by atoms with Gasteiger partial charge in [-0.25, -0.2) is 4.39 Å². The fourth-order valence-electron chi connectivity index (χ4n) is 2.00. The van der Waals surface area contributed by atoms with Gasteiger partial charge in [0.2, 0.25) is 0 Å². The zero-order valence-corrected chi connectivity index (χ0v) is 9.99. The van der Waals surface area contributed by atoms with Crippen molar-refractivity contribution in [1.29, 1.82) is 0 Å². The van der Waals surface area contributed by atoms with E-state index in [4.69, 9.17) is 4.74 Å². The van der Waals surface area contributed by atoms with Crippen molar-refractivity contribution >= 4 is 5.78 Å². The number of carbonyl (C=O) groups excluding carboxylic acids is 1. The maximum absolute atomic E-state index is 13.4. The summed E-state index contributed by atoms with van der Waals surface area (Å²) < 4.78 is 18.9. The van der Waals surface area contributed by atoms with Crippen LogP contribution in [0.2, 0.25) is 0 Å². The van der Waals surface area contributed by atoms with E-state index in [1.165, 1.54) is 6.07 Å². The molecule has 1 aliphatic rings. The predicted octanol–water partition coefficient (Wildman–Crippen LogP) is 2.75. The summed E-state index contributed by atoms with van der Waals surface area (Å²) in [6.45, 7) is 2.41. The molecule has 0 amide bonds. The third-order valence-electron chi connectivity index (χ3n) is 3.04. The van der Waals surface area contributed by atoms with Crippen LogP contribution in [0.4, 0.5) is 4.39 Å². The van der Waals surface area contributed by atoms with Crippen molar-refractivity contribution in [1.82, 2.24) is 0 Å². The highest BCUT2D eigenvalue weighted by atomic mass is 19.1. The Kier molecular flexibility index (Phi) is 3.89. The van der Waals surface area contributed by atoms with E-state index in [-0.39, 0.29) is 24.1 Å². The summed E-state index contributed by atoms with van der Waals surface area (Å²) >= 11 is 0. The van der Waals surface area contributed by atoms with Crippen LogP contribution in [0.15, 0.2) is 24.3 Å². The highest BCUT2D eigenvalue weighted by molar-refractivity contribution is 5.85. The number of carbonyl (C=O) groups is 1. The van der Waals surface area contributed by atoms with Gasteiger partial charge in [0, 0.05) is 13.0 Å². The van der Waals surface area contributed by atoms with Gasteiger partial charge in [0.1, 0.15) is 11.9 Å². The lowest BCUT2D eigenvalue weighted by Gasteiger charge is -2.15. The standard InChI is InChI=1S/C14H17FO2/c1-2-17-14(10-7-8-10)13(16)9-11-5-3-4-6-12(11)15/h3-6,10,14H,2,7-9H2,1H3. The molecule has 0 aliphatic heterocycles. The Bertz CT molecular complexity index is 399. The number of ether oxygens (including phenoxy) is 1. The molecule has 17 heavy (non-hydrogen) atoms. The normalized spacial score (nSPS) is 16.8. The molecule has 0 saturated heterocycles. The highest BCUT2D eigenvalue weighted by Crippen LogP contribution is 2.35. The Morgan fingerprint density at radius 1 is 1.47 bits per heavy atom. The Hall–Kier alpha value is -1.22. The summed E-state index contributed by atoms with van der Waals surface area (Å²) in [7, 11) is 0. The van der Waals surface area contributed by atoms with E-state index >= 15 is 0 Å². The molecule has 2 nitrogen and oxygen atoms in total. The smallest absolute Gasteiger partial charge is 0.166 e. The predicted molar refractivity (Wildman–Crippen MR) is 63.2 cm³/mol. The first kappa shape index (κ1) is 12.2. The molecular weight excluding hydrogens is 219 g/mol. The minimum absolute atomic E-state index is 0.000509. The molecule has 1 aromatic rings. The Morgan fingerprint density at radius 2 is 2.18 bits per heavy atom. The molecule has 0 radical (unpaired) electrons. The van der Waals surface area contributed by atoms with Crippen LogP contribution < -0.4 is 0 Å². The monoisotopic (exact) mass is 236 g/mol. The highest BCUT2D eigenvalue weighted by Gasteiger charge is 2.36. The summed E-state index contributed by atoms with van der Waals surface area (Å²) in [5.74, 6) is 0.0422. The Balaban J connectivity index is 2.02. The first-order valence-electron chi connectivity index (χ1n) is 6.10. The molecule has 0 heterocycles. The van der Waals surface area contributed by atoms with Gasteiger partial charge in [-0.1, -0.05) is 18.2 Å². The van der Waals surface area contributed by atoms with Crippen LogP contribution in [-0.2, 0) is 16.0 Å².